The Balaban J connectivity index is 2.93. The average molecular weight is 366 g/mol. The Labute approximate surface area is 115 Å². The number of halogens is 1. The molecule has 0 spiro atoms. The maximum absolute atomic E-state index is 11.7. The predicted molar refractivity (Wildman–Crippen MR) is 71.0 cm³/mol. The van der Waals surface area contributed by atoms with Gasteiger partial charge in [0.25, 0.3) is 5.56 Å². The van der Waals surface area contributed by atoms with Crippen LogP contribution in [0.25, 0.3) is 0 Å². The van der Waals surface area contributed by atoms with E-state index in [0.29, 0.717) is 3.57 Å². The number of aromatic nitrogens is 2. The quantitative estimate of drug-likeness (QED) is 0.650. The number of aryl methyl sites for hydroxylation is 1. The highest BCUT2D eigenvalue weighted by Crippen LogP contribution is 1.93. The molecule has 18 heavy (non-hydrogen) atoms. The van der Waals surface area contributed by atoms with E-state index in [0.717, 1.165) is 4.57 Å². The van der Waals surface area contributed by atoms with Gasteiger partial charge in [-0.25, -0.2) is 9.59 Å². The van der Waals surface area contributed by atoms with Gasteiger partial charge in [0.15, 0.2) is 0 Å². The van der Waals surface area contributed by atoms with Gasteiger partial charge >= 0.3 is 11.7 Å². The van der Waals surface area contributed by atoms with E-state index in [-0.39, 0.29) is 13.0 Å². The number of nitrogens with one attached hydrogen (secondary N) is 1. The minimum atomic E-state index is -0.970. The highest BCUT2D eigenvalue weighted by Gasteiger charge is 2.10. The third-order valence-corrected chi connectivity index (χ3v) is 2.85. The van der Waals surface area contributed by atoms with Crippen LogP contribution in [0.4, 0.5) is 4.79 Å². The first-order valence-corrected chi connectivity index (χ1v) is 5.96. The van der Waals surface area contributed by atoms with Gasteiger partial charge in [0, 0.05) is 26.2 Å². The number of urea groups is 1. The van der Waals surface area contributed by atoms with Crippen LogP contribution in [0.1, 0.15) is 6.42 Å². The second-order valence-electron chi connectivity index (χ2n) is 3.49. The Morgan fingerprint density at radius 3 is 2.61 bits per heavy atom. The lowest BCUT2D eigenvalue weighted by molar-refractivity contribution is -0.120. The van der Waals surface area contributed by atoms with Gasteiger partial charge < -0.3 is 10.3 Å². The first kappa shape index (κ1) is 14.4. The molecule has 1 rings (SSSR count). The van der Waals surface area contributed by atoms with E-state index in [2.05, 4.69) is 0 Å². The van der Waals surface area contributed by atoms with Crippen molar-refractivity contribution >= 4 is 34.5 Å². The first-order chi connectivity index (χ1) is 8.32. The second-order valence-corrected chi connectivity index (χ2v) is 4.65. The molecule has 0 saturated heterocycles. The molecule has 8 nitrogen and oxygen atoms in total. The molecule has 1 aromatic rings. The lowest BCUT2D eigenvalue weighted by atomic mass is 10.4. The summed E-state index contributed by atoms with van der Waals surface area (Å²) < 4.78 is 2.54. The lowest BCUT2D eigenvalue weighted by Gasteiger charge is -2.07. The number of hydrogen-bond acceptors (Lipinski definition) is 4. The topological polar surface area (TPSA) is 116 Å². The summed E-state index contributed by atoms with van der Waals surface area (Å²) in [5, 5.41) is 1.86. The Hall–Kier alpha value is -1.65. The molecular formula is C9H11IN4O4. The van der Waals surface area contributed by atoms with Gasteiger partial charge in [0.2, 0.25) is 5.91 Å². The molecule has 0 unspecified atom stereocenters. The molecular weight excluding hydrogens is 355 g/mol. The van der Waals surface area contributed by atoms with E-state index in [1.807, 2.05) is 5.32 Å². The lowest BCUT2D eigenvalue weighted by Crippen LogP contribution is -2.42. The van der Waals surface area contributed by atoms with Crippen molar-refractivity contribution in [2.75, 3.05) is 0 Å². The van der Waals surface area contributed by atoms with Crippen LogP contribution >= 0.6 is 22.6 Å². The van der Waals surface area contributed by atoms with Gasteiger partial charge in [-0.3, -0.25) is 19.5 Å². The van der Waals surface area contributed by atoms with Crippen molar-refractivity contribution < 1.29 is 9.59 Å². The van der Waals surface area contributed by atoms with Crippen LogP contribution in [0.5, 0.6) is 0 Å². The highest BCUT2D eigenvalue weighted by molar-refractivity contribution is 14.1. The number of nitrogens with two attached hydrogens (primary N) is 1. The van der Waals surface area contributed by atoms with Crippen molar-refractivity contribution in [3.05, 3.63) is 30.6 Å². The molecule has 0 fully saturated rings. The largest absolute Gasteiger partial charge is 0.351 e. The van der Waals surface area contributed by atoms with Crippen molar-refractivity contribution in [1.29, 1.82) is 0 Å². The van der Waals surface area contributed by atoms with E-state index in [9.17, 15) is 19.2 Å². The SMILES string of the molecule is Cn1cc(I)c(=O)n(CCC(=O)NC(N)=O)c1=O. The van der Waals surface area contributed by atoms with Crippen LogP contribution in [0.15, 0.2) is 15.8 Å². The van der Waals surface area contributed by atoms with Crippen LogP contribution < -0.4 is 22.3 Å². The standard InChI is InChI=1S/C9H11IN4O4/c1-13-4-5(10)7(16)14(9(13)18)3-2-6(15)12-8(11)17/h4H,2-3H2,1H3,(H3,11,12,15,17). The van der Waals surface area contributed by atoms with Gasteiger partial charge in [-0.2, -0.15) is 0 Å². The van der Waals surface area contributed by atoms with Gasteiger partial charge in [0.05, 0.1) is 3.57 Å². The zero-order valence-corrected chi connectivity index (χ0v) is 11.6. The van der Waals surface area contributed by atoms with Crippen LogP contribution in [-0.2, 0) is 18.4 Å². The molecule has 0 saturated carbocycles. The van der Waals surface area contributed by atoms with E-state index >= 15 is 0 Å². The van der Waals surface area contributed by atoms with Crippen LogP contribution in [0.3, 0.4) is 0 Å². The smallest absolute Gasteiger partial charge is 0.330 e. The van der Waals surface area contributed by atoms with Crippen LogP contribution in [-0.4, -0.2) is 21.1 Å². The van der Waals surface area contributed by atoms with Crippen molar-refractivity contribution in [1.82, 2.24) is 14.5 Å². The summed E-state index contributed by atoms with van der Waals surface area (Å²) in [6.45, 7) is -0.110. The van der Waals surface area contributed by atoms with Crippen molar-refractivity contribution in [3.8, 4) is 0 Å². The summed E-state index contributed by atoms with van der Waals surface area (Å²) in [6.07, 6.45) is 1.23. The maximum atomic E-state index is 11.7. The van der Waals surface area contributed by atoms with Crippen molar-refractivity contribution in [2.45, 2.75) is 13.0 Å². The molecule has 0 aliphatic carbocycles. The summed E-state index contributed by atoms with van der Waals surface area (Å²) in [5.41, 5.74) is 3.78. The summed E-state index contributed by atoms with van der Waals surface area (Å²) in [4.78, 5) is 45.0. The third kappa shape index (κ3) is 3.42. The fraction of sp³-hybridized carbons (Fsp3) is 0.333. The fourth-order valence-electron chi connectivity index (χ4n) is 1.30. The Morgan fingerprint density at radius 1 is 1.44 bits per heavy atom. The van der Waals surface area contributed by atoms with Gasteiger partial charge in [-0.15, -0.1) is 0 Å². The maximum Gasteiger partial charge on any atom is 0.330 e. The van der Waals surface area contributed by atoms with E-state index in [4.69, 9.17) is 5.73 Å². The minimum Gasteiger partial charge on any atom is -0.351 e. The number of nitrogens with zero attached hydrogens (tertiary/aromatic N) is 2. The van der Waals surface area contributed by atoms with Gasteiger partial charge in [0.1, 0.15) is 0 Å². The summed E-state index contributed by atoms with van der Waals surface area (Å²) in [7, 11) is 1.50. The Bertz CT molecular complexity index is 569. The van der Waals surface area contributed by atoms with E-state index in [1.165, 1.54) is 17.8 Å². The predicted octanol–water partition coefficient (Wildman–Crippen LogP) is -1.26. The second kappa shape index (κ2) is 5.80. The van der Waals surface area contributed by atoms with Gasteiger partial charge in [-0.05, 0) is 22.6 Å². The molecule has 9 heteroatoms. The monoisotopic (exact) mass is 366 g/mol. The van der Waals surface area contributed by atoms with Crippen LogP contribution in [0, 0.1) is 3.57 Å². The molecule has 98 valence electrons. The number of hydrogen-bond donors (Lipinski definition) is 2. The Kier molecular flexibility index (Phi) is 4.64. The van der Waals surface area contributed by atoms with Crippen molar-refractivity contribution in [2.24, 2.45) is 12.8 Å². The molecule has 3 N–H and O–H groups in total. The molecule has 0 aliphatic heterocycles. The third-order valence-electron chi connectivity index (χ3n) is 2.11. The zero-order chi connectivity index (χ0) is 13.9. The van der Waals surface area contributed by atoms with Crippen molar-refractivity contribution in [3.63, 3.8) is 0 Å². The number of amides is 3. The number of rotatable bonds is 3. The minimum absolute atomic E-state index is 0.110. The molecule has 0 bridgehead atoms. The van der Waals surface area contributed by atoms with Crippen LogP contribution in [0.2, 0.25) is 0 Å². The number of imide groups is 1. The van der Waals surface area contributed by atoms with Gasteiger partial charge in [-0.1, -0.05) is 0 Å². The van der Waals surface area contributed by atoms with E-state index < -0.39 is 23.2 Å². The Morgan fingerprint density at radius 2 is 2.06 bits per heavy atom. The molecule has 0 aromatic carbocycles. The summed E-state index contributed by atoms with van der Waals surface area (Å²) in [5.74, 6) is -0.643. The first-order valence-electron chi connectivity index (χ1n) is 4.88. The highest BCUT2D eigenvalue weighted by atomic mass is 127. The number of carbonyl (C=O) groups is 2. The molecule has 1 heterocycles. The fourth-order valence-corrected chi connectivity index (χ4v) is 2.01. The molecule has 1 aromatic heterocycles. The summed E-state index contributed by atoms with van der Waals surface area (Å²) >= 11 is 1.80. The average Bonchev–Trinajstić information content (AvgIpc) is 2.25. The zero-order valence-electron chi connectivity index (χ0n) is 9.47. The molecule has 0 radical (unpaired) electrons. The molecule has 0 aliphatic rings. The van der Waals surface area contributed by atoms with E-state index in [1.54, 1.807) is 22.6 Å². The number of carbonyl (C=O) groups excluding carboxylic acids is 2. The summed E-state index contributed by atoms with van der Waals surface area (Å²) in [6, 6.07) is -0.970. The normalized spacial score (nSPS) is 10.1. The number of primary amides is 1. The molecule has 3 amide bonds. The molecule has 0 atom stereocenters.